The molecule has 1 aromatic heterocycles. The number of hydrogen-bond donors (Lipinski definition) is 1. The maximum atomic E-state index is 13.6. The number of benzene rings is 1. The van der Waals surface area contributed by atoms with Gasteiger partial charge in [-0.2, -0.15) is 4.98 Å². The molecule has 1 heterocycles. The lowest BCUT2D eigenvalue weighted by Gasteiger charge is -2.18. The third kappa shape index (κ3) is 3.75. The molecule has 0 spiro atoms. The van der Waals surface area contributed by atoms with Gasteiger partial charge in [0.2, 0.25) is 11.8 Å². The Morgan fingerprint density at radius 1 is 1.39 bits per heavy atom. The maximum Gasteiger partial charge on any atom is 0.249 e. The molecule has 23 heavy (non-hydrogen) atoms. The van der Waals surface area contributed by atoms with Crippen LogP contribution < -0.4 is 5.32 Å². The van der Waals surface area contributed by atoms with Gasteiger partial charge in [-0.05, 0) is 30.4 Å². The summed E-state index contributed by atoms with van der Waals surface area (Å²) in [6.45, 7) is 3.93. The average Bonchev–Trinajstić information content (AvgIpc) is 3.25. The largest absolute Gasteiger partial charge is 0.344 e. The molecule has 3 rings (SSSR count). The fourth-order valence-corrected chi connectivity index (χ4v) is 2.43. The van der Waals surface area contributed by atoms with Gasteiger partial charge in [-0.1, -0.05) is 37.2 Å². The Morgan fingerprint density at radius 2 is 2.13 bits per heavy atom. The zero-order valence-corrected chi connectivity index (χ0v) is 13.3. The number of nitrogens with one attached hydrogen (secondary N) is 1. The Bertz CT molecular complexity index is 695. The zero-order chi connectivity index (χ0) is 16.4. The van der Waals surface area contributed by atoms with Gasteiger partial charge in [0, 0.05) is 5.92 Å². The van der Waals surface area contributed by atoms with Crippen molar-refractivity contribution >= 4 is 5.91 Å². The summed E-state index contributed by atoms with van der Waals surface area (Å²) < 4.78 is 19.0. The topological polar surface area (TPSA) is 68.0 Å². The molecule has 5 nitrogen and oxygen atoms in total. The molecule has 1 fully saturated rings. The lowest BCUT2D eigenvalue weighted by atomic mass is 10.0. The maximum absolute atomic E-state index is 13.6. The number of rotatable bonds is 6. The van der Waals surface area contributed by atoms with Crippen molar-refractivity contribution in [3.8, 4) is 0 Å². The molecule has 0 radical (unpaired) electrons. The summed E-state index contributed by atoms with van der Waals surface area (Å²) in [5.41, 5.74) is 0.372. The predicted molar refractivity (Wildman–Crippen MR) is 82.1 cm³/mol. The summed E-state index contributed by atoms with van der Waals surface area (Å²) in [6, 6.07) is 5.91. The van der Waals surface area contributed by atoms with Crippen LogP contribution in [0.25, 0.3) is 0 Å². The van der Waals surface area contributed by atoms with Gasteiger partial charge in [0.1, 0.15) is 11.9 Å². The van der Waals surface area contributed by atoms with E-state index in [4.69, 9.17) is 4.52 Å². The van der Waals surface area contributed by atoms with E-state index in [9.17, 15) is 9.18 Å². The molecule has 2 aromatic rings. The highest BCUT2D eigenvalue weighted by molar-refractivity contribution is 5.79. The first kappa shape index (κ1) is 15.6. The van der Waals surface area contributed by atoms with Crippen LogP contribution in [0.4, 0.5) is 4.39 Å². The van der Waals surface area contributed by atoms with Crippen molar-refractivity contribution in [1.29, 1.82) is 0 Å². The minimum absolute atomic E-state index is 0.0144. The van der Waals surface area contributed by atoms with E-state index < -0.39 is 0 Å². The molecule has 1 N–H and O–H groups in total. The summed E-state index contributed by atoms with van der Waals surface area (Å²) in [7, 11) is 0. The van der Waals surface area contributed by atoms with E-state index in [2.05, 4.69) is 15.5 Å². The van der Waals surface area contributed by atoms with Crippen LogP contribution in [0.5, 0.6) is 0 Å². The molecule has 1 atom stereocenters. The molecule has 1 aromatic carbocycles. The molecule has 122 valence electrons. The van der Waals surface area contributed by atoms with Crippen molar-refractivity contribution in [1.82, 2.24) is 15.5 Å². The Labute approximate surface area is 134 Å². The Morgan fingerprint density at radius 3 is 2.78 bits per heavy atom. The molecule has 0 bridgehead atoms. The van der Waals surface area contributed by atoms with Crippen LogP contribution >= 0.6 is 0 Å². The summed E-state index contributed by atoms with van der Waals surface area (Å²) in [6.07, 6.45) is 2.16. The highest BCUT2D eigenvalue weighted by Crippen LogP contribution is 2.38. The predicted octanol–water partition coefficient (Wildman–Crippen LogP) is 3.14. The van der Waals surface area contributed by atoms with Crippen LogP contribution in [-0.4, -0.2) is 16.0 Å². The standard InChI is InChI=1S/C17H20FN3O2/c1-10(2)15(17-20-16(21-23-17)11-7-8-11)19-14(22)9-12-5-3-4-6-13(12)18/h3-6,10-11,15H,7-9H2,1-2H3,(H,19,22)/t15-/m0/s1. The summed E-state index contributed by atoms with van der Waals surface area (Å²) in [5.74, 6) is 0.983. The zero-order valence-electron chi connectivity index (χ0n) is 13.3. The van der Waals surface area contributed by atoms with E-state index in [1.54, 1.807) is 18.2 Å². The fourth-order valence-electron chi connectivity index (χ4n) is 2.43. The van der Waals surface area contributed by atoms with E-state index in [0.717, 1.165) is 12.8 Å². The molecule has 6 heteroatoms. The minimum Gasteiger partial charge on any atom is -0.344 e. The molecule has 0 saturated heterocycles. The van der Waals surface area contributed by atoms with Gasteiger partial charge in [-0.3, -0.25) is 4.79 Å². The lowest BCUT2D eigenvalue weighted by molar-refractivity contribution is -0.121. The molecule has 0 aliphatic heterocycles. The highest BCUT2D eigenvalue weighted by Gasteiger charge is 2.31. The molecular weight excluding hydrogens is 297 g/mol. The molecular formula is C17H20FN3O2. The molecule has 0 unspecified atom stereocenters. The van der Waals surface area contributed by atoms with Gasteiger partial charge in [0.15, 0.2) is 5.82 Å². The van der Waals surface area contributed by atoms with E-state index >= 15 is 0 Å². The summed E-state index contributed by atoms with van der Waals surface area (Å²) in [4.78, 5) is 16.6. The van der Waals surface area contributed by atoms with Crippen LogP contribution in [0.1, 0.15) is 55.9 Å². The van der Waals surface area contributed by atoms with Gasteiger partial charge in [-0.15, -0.1) is 0 Å². The second-order valence-corrected chi connectivity index (χ2v) is 6.32. The number of amides is 1. The van der Waals surface area contributed by atoms with Gasteiger partial charge in [0.25, 0.3) is 0 Å². The van der Waals surface area contributed by atoms with Crippen molar-refractivity contribution < 1.29 is 13.7 Å². The molecule has 1 aliphatic carbocycles. The van der Waals surface area contributed by atoms with E-state index in [0.29, 0.717) is 23.2 Å². The number of halogens is 1. The van der Waals surface area contributed by atoms with E-state index in [1.165, 1.54) is 6.07 Å². The summed E-state index contributed by atoms with van der Waals surface area (Å²) in [5, 5.41) is 6.87. The van der Waals surface area contributed by atoms with Crippen LogP contribution in [0, 0.1) is 11.7 Å². The minimum atomic E-state index is -0.377. The first-order chi connectivity index (χ1) is 11.0. The Hall–Kier alpha value is -2.24. The summed E-state index contributed by atoms with van der Waals surface area (Å²) >= 11 is 0. The Kier molecular flexibility index (Phi) is 4.41. The van der Waals surface area contributed by atoms with Crippen molar-refractivity contribution in [2.24, 2.45) is 5.92 Å². The number of carbonyl (C=O) groups is 1. The smallest absolute Gasteiger partial charge is 0.249 e. The molecule has 1 aliphatic rings. The first-order valence-electron chi connectivity index (χ1n) is 7.91. The highest BCUT2D eigenvalue weighted by atomic mass is 19.1. The Balaban J connectivity index is 1.68. The SMILES string of the molecule is CC(C)[C@H](NC(=O)Cc1ccccc1F)c1nc(C2CC2)no1. The molecule has 1 saturated carbocycles. The van der Waals surface area contributed by atoms with Crippen LogP contribution in [0.3, 0.4) is 0 Å². The fraction of sp³-hybridized carbons (Fsp3) is 0.471. The number of carbonyl (C=O) groups excluding carboxylic acids is 1. The van der Waals surface area contributed by atoms with Gasteiger partial charge in [-0.25, -0.2) is 4.39 Å². The average molecular weight is 317 g/mol. The first-order valence-corrected chi connectivity index (χ1v) is 7.91. The van der Waals surface area contributed by atoms with Crippen molar-refractivity contribution in [3.05, 3.63) is 47.4 Å². The second-order valence-electron chi connectivity index (χ2n) is 6.32. The third-order valence-corrected chi connectivity index (χ3v) is 3.96. The molecule has 1 amide bonds. The number of nitrogens with zero attached hydrogens (tertiary/aromatic N) is 2. The van der Waals surface area contributed by atoms with E-state index in [1.807, 2.05) is 13.8 Å². The van der Waals surface area contributed by atoms with Gasteiger partial charge < -0.3 is 9.84 Å². The van der Waals surface area contributed by atoms with Crippen LogP contribution in [0.15, 0.2) is 28.8 Å². The van der Waals surface area contributed by atoms with Gasteiger partial charge >= 0.3 is 0 Å². The van der Waals surface area contributed by atoms with E-state index in [-0.39, 0.29) is 30.1 Å². The van der Waals surface area contributed by atoms with Crippen LogP contribution in [-0.2, 0) is 11.2 Å². The number of aromatic nitrogens is 2. The van der Waals surface area contributed by atoms with Crippen molar-refractivity contribution in [2.45, 2.75) is 45.1 Å². The monoisotopic (exact) mass is 317 g/mol. The lowest BCUT2D eigenvalue weighted by Crippen LogP contribution is -2.33. The number of hydrogen-bond acceptors (Lipinski definition) is 4. The van der Waals surface area contributed by atoms with Crippen LogP contribution in [0.2, 0.25) is 0 Å². The van der Waals surface area contributed by atoms with Crippen molar-refractivity contribution in [2.75, 3.05) is 0 Å². The normalized spacial score (nSPS) is 15.7. The second kappa shape index (κ2) is 6.48. The quantitative estimate of drug-likeness (QED) is 0.888. The third-order valence-electron chi connectivity index (χ3n) is 3.96. The van der Waals surface area contributed by atoms with Gasteiger partial charge in [0.05, 0.1) is 6.42 Å². The van der Waals surface area contributed by atoms with Crippen molar-refractivity contribution in [3.63, 3.8) is 0 Å².